The van der Waals surface area contributed by atoms with Gasteiger partial charge in [-0.15, -0.1) is 0 Å². The Morgan fingerprint density at radius 3 is 2.57 bits per heavy atom. The van der Waals surface area contributed by atoms with Crippen molar-refractivity contribution in [2.75, 3.05) is 31.1 Å². The number of thioether (sulfide) groups is 1. The lowest BCUT2D eigenvalue weighted by molar-refractivity contribution is -0.123. The Morgan fingerprint density at radius 1 is 1.22 bits per heavy atom. The molecule has 2 aliphatic rings. The summed E-state index contributed by atoms with van der Waals surface area (Å²) in [5.41, 5.74) is 0. The third kappa shape index (κ3) is 5.94. The summed E-state index contributed by atoms with van der Waals surface area (Å²) in [6.07, 6.45) is 6.59. The van der Waals surface area contributed by atoms with E-state index in [9.17, 15) is 9.59 Å². The number of amides is 3. The van der Waals surface area contributed by atoms with Crippen molar-refractivity contribution in [3.63, 3.8) is 0 Å². The van der Waals surface area contributed by atoms with Crippen molar-refractivity contribution in [3.8, 4) is 6.07 Å². The van der Waals surface area contributed by atoms with Crippen LogP contribution in [0.15, 0.2) is 0 Å². The molecular weight excluding hydrogens is 312 g/mol. The number of urea groups is 1. The quantitative estimate of drug-likeness (QED) is 0.748. The fraction of sp³-hybridized carbons (Fsp3) is 0.812. The van der Waals surface area contributed by atoms with Gasteiger partial charge in [0.05, 0.1) is 6.07 Å². The summed E-state index contributed by atoms with van der Waals surface area (Å²) in [6, 6.07) is 1.23. The molecule has 1 saturated heterocycles. The van der Waals surface area contributed by atoms with Crippen LogP contribution in [-0.2, 0) is 4.79 Å². The van der Waals surface area contributed by atoms with E-state index in [1.807, 2.05) is 17.8 Å². The third-order valence-electron chi connectivity index (χ3n) is 4.55. The van der Waals surface area contributed by atoms with Gasteiger partial charge in [0.2, 0.25) is 5.91 Å². The van der Waals surface area contributed by atoms with Crippen molar-refractivity contribution in [1.29, 1.82) is 5.26 Å². The zero-order valence-electron chi connectivity index (χ0n) is 13.6. The Morgan fingerprint density at radius 2 is 1.91 bits per heavy atom. The van der Waals surface area contributed by atoms with E-state index >= 15 is 0 Å². The second-order valence-corrected chi connectivity index (χ2v) is 7.44. The minimum absolute atomic E-state index is 0.0176. The van der Waals surface area contributed by atoms with Crippen LogP contribution in [0.25, 0.3) is 0 Å². The molecule has 1 aliphatic heterocycles. The molecule has 2 fully saturated rings. The minimum atomic E-state index is -0.534. The van der Waals surface area contributed by atoms with Crippen molar-refractivity contribution >= 4 is 23.7 Å². The molecule has 23 heavy (non-hydrogen) atoms. The van der Waals surface area contributed by atoms with Crippen LogP contribution in [0.2, 0.25) is 0 Å². The zero-order valence-corrected chi connectivity index (χ0v) is 14.4. The first-order valence-electron chi connectivity index (χ1n) is 8.48. The number of nitriles is 1. The molecule has 1 heterocycles. The van der Waals surface area contributed by atoms with Gasteiger partial charge < -0.3 is 15.5 Å². The van der Waals surface area contributed by atoms with Crippen LogP contribution in [0.1, 0.15) is 38.5 Å². The van der Waals surface area contributed by atoms with E-state index < -0.39 is 6.04 Å². The van der Waals surface area contributed by atoms with Crippen LogP contribution in [0.4, 0.5) is 4.79 Å². The van der Waals surface area contributed by atoms with Gasteiger partial charge in [-0.25, -0.2) is 4.79 Å². The van der Waals surface area contributed by atoms with Gasteiger partial charge in [0.15, 0.2) is 0 Å². The van der Waals surface area contributed by atoms with E-state index in [2.05, 4.69) is 10.6 Å². The highest BCUT2D eigenvalue weighted by atomic mass is 32.2. The first-order chi connectivity index (χ1) is 11.2. The average Bonchev–Trinajstić information content (AvgIpc) is 2.60. The van der Waals surface area contributed by atoms with Crippen molar-refractivity contribution in [3.05, 3.63) is 0 Å². The number of rotatable bonds is 5. The molecule has 1 aliphatic carbocycles. The molecule has 1 saturated carbocycles. The van der Waals surface area contributed by atoms with Crippen molar-refractivity contribution in [2.45, 2.75) is 44.6 Å². The highest BCUT2D eigenvalue weighted by molar-refractivity contribution is 7.99. The summed E-state index contributed by atoms with van der Waals surface area (Å²) in [4.78, 5) is 26.5. The fourth-order valence-electron chi connectivity index (χ4n) is 3.24. The molecule has 0 aromatic carbocycles. The summed E-state index contributed by atoms with van der Waals surface area (Å²) < 4.78 is 0. The maximum atomic E-state index is 12.4. The van der Waals surface area contributed by atoms with Crippen LogP contribution in [0, 0.1) is 17.2 Å². The summed E-state index contributed by atoms with van der Waals surface area (Å²) in [7, 11) is 0. The lowest BCUT2D eigenvalue weighted by Gasteiger charge is -2.30. The van der Waals surface area contributed by atoms with Crippen LogP contribution in [-0.4, -0.2) is 54.0 Å². The molecule has 0 aromatic rings. The topological polar surface area (TPSA) is 85.2 Å². The maximum Gasteiger partial charge on any atom is 0.318 e. The SMILES string of the molecule is N#CCNC(=O)[C@H](CC1CCCCC1)NC(=O)N1CCSCC1. The van der Waals surface area contributed by atoms with Gasteiger partial charge in [0.25, 0.3) is 0 Å². The standard InChI is InChI=1S/C16H26N4O2S/c17-6-7-18-15(21)14(12-13-4-2-1-3-5-13)19-16(22)20-8-10-23-11-9-20/h13-14H,1-5,7-12H2,(H,18,21)(H,19,22)/t14-/m0/s1. The van der Waals surface area contributed by atoms with Gasteiger partial charge in [-0.2, -0.15) is 17.0 Å². The molecule has 128 valence electrons. The van der Waals surface area contributed by atoms with E-state index in [0.29, 0.717) is 12.3 Å². The van der Waals surface area contributed by atoms with Crippen LogP contribution in [0.3, 0.4) is 0 Å². The Labute approximate surface area is 142 Å². The third-order valence-corrected chi connectivity index (χ3v) is 5.49. The van der Waals surface area contributed by atoms with E-state index in [-0.39, 0.29) is 18.5 Å². The Bertz CT molecular complexity index is 440. The highest BCUT2D eigenvalue weighted by Crippen LogP contribution is 2.27. The number of carbonyl (C=O) groups excluding carboxylic acids is 2. The van der Waals surface area contributed by atoms with E-state index in [1.54, 1.807) is 4.90 Å². The second-order valence-electron chi connectivity index (χ2n) is 6.22. The number of hydrogen-bond donors (Lipinski definition) is 2. The van der Waals surface area contributed by atoms with E-state index in [0.717, 1.165) is 37.4 Å². The monoisotopic (exact) mass is 338 g/mol. The summed E-state index contributed by atoms with van der Waals surface area (Å²) in [6.45, 7) is 1.44. The van der Waals surface area contributed by atoms with Gasteiger partial charge in [0, 0.05) is 24.6 Å². The molecule has 0 bridgehead atoms. The van der Waals surface area contributed by atoms with Gasteiger partial charge in [-0.05, 0) is 12.3 Å². The van der Waals surface area contributed by atoms with Gasteiger partial charge in [-0.1, -0.05) is 32.1 Å². The van der Waals surface area contributed by atoms with Gasteiger partial charge in [-0.3, -0.25) is 4.79 Å². The molecule has 0 aromatic heterocycles. The molecule has 2 rings (SSSR count). The molecule has 0 radical (unpaired) electrons. The summed E-state index contributed by atoms with van der Waals surface area (Å²) in [5, 5.41) is 14.1. The molecule has 1 atom stereocenters. The Kier molecular flexibility index (Phi) is 7.53. The van der Waals surface area contributed by atoms with Gasteiger partial charge >= 0.3 is 6.03 Å². The fourth-order valence-corrected chi connectivity index (χ4v) is 4.15. The molecule has 2 N–H and O–H groups in total. The first-order valence-corrected chi connectivity index (χ1v) is 9.64. The number of nitrogens with one attached hydrogen (secondary N) is 2. The van der Waals surface area contributed by atoms with Crippen LogP contribution in [0.5, 0.6) is 0 Å². The minimum Gasteiger partial charge on any atom is -0.341 e. The highest BCUT2D eigenvalue weighted by Gasteiger charge is 2.27. The molecule has 6 nitrogen and oxygen atoms in total. The number of hydrogen-bond acceptors (Lipinski definition) is 4. The van der Waals surface area contributed by atoms with Crippen molar-refractivity contribution in [1.82, 2.24) is 15.5 Å². The number of carbonyl (C=O) groups is 2. The Balaban J connectivity index is 1.92. The number of nitrogens with zero attached hydrogens (tertiary/aromatic N) is 2. The first kappa shape index (κ1) is 17.9. The smallest absolute Gasteiger partial charge is 0.318 e. The van der Waals surface area contributed by atoms with E-state index in [1.165, 1.54) is 19.3 Å². The molecule has 3 amide bonds. The normalized spacial score (nSPS) is 20.4. The van der Waals surface area contributed by atoms with Crippen molar-refractivity contribution < 1.29 is 9.59 Å². The van der Waals surface area contributed by atoms with Crippen LogP contribution < -0.4 is 10.6 Å². The zero-order chi connectivity index (χ0) is 16.5. The predicted molar refractivity (Wildman–Crippen MR) is 91.0 cm³/mol. The largest absolute Gasteiger partial charge is 0.341 e. The molecule has 0 unspecified atom stereocenters. The maximum absolute atomic E-state index is 12.4. The van der Waals surface area contributed by atoms with Crippen LogP contribution >= 0.6 is 11.8 Å². The summed E-state index contributed by atoms with van der Waals surface area (Å²) in [5.74, 6) is 2.14. The van der Waals surface area contributed by atoms with E-state index in [4.69, 9.17) is 5.26 Å². The lowest BCUT2D eigenvalue weighted by atomic mass is 9.84. The van der Waals surface area contributed by atoms with Crippen molar-refractivity contribution in [2.24, 2.45) is 5.92 Å². The Hall–Kier alpha value is -1.42. The molecule has 0 spiro atoms. The second kappa shape index (κ2) is 9.66. The van der Waals surface area contributed by atoms with Gasteiger partial charge in [0.1, 0.15) is 12.6 Å². The average molecular weight is 338 g/mol. The summed E-state index contributed by atoms with van der Waals surface area (Å²) >= 11 is 1.84. The molecule has 7 heteroatoms. The predicted octanol–water partition coefficient (Wildman–Crippen LogP) is 1.72. The molecular formula is C16H26N4O2S. The lowest BCUT2D eigenvalue weighted by Crippen LogP contribution is -2.53.